The van der Waals surface area contributed by atoms with Gasteiger partial charge in [0.15, 0.2) is 0 Å². The summed E-state index contributed by atoms with van der Waals surface area (Å²) in [6.45, 7) is 5.22. The van der Waals surface area contributed by atoms with Crippen LogP contribution in [0, 0.1) is 0 Å². The van der Waals surface area contributed by atoms with Crippen LogP contribution in [-0.4, -0.2) is 97.2 Å². The third-order valence-electron chi connectivity index (χ3n) is 8.20. The molecule has 0 spiro atoms. The molecule has 11 heteroatoms. The number of fused-ring (bicyclic) bond motifs is 1. The van der Waals surface area contributed by atoms with E-state index in [1.165, 1.54) is 4.88 Å². The Bertz CT molecular complexity index is 1240. The Morgan fingerprint density at radius 3 is 2.77 bits per heavy atom. The molecule has 0 unspecified atom stereocenters. The number of nitrogens with zero attached hydrogens (tertiary/aromatic N) is 4. The molecule has 3 aliphatic heterocycles. The number of hydrogen-bond acceptors (Lipinski definition) is 6. The highest BCUT2D eigenvalue weighted by atomic mass is 35.5. The number of aryl methyl sites for hydroxylation is 1. The molecular weight excluding hydrogens is 566 g/mol. The van der Waals surface area contributed by atoms with Crippen molar-refractivity contribution in [3.05, 3.63) is 50.7 Å². The molecule has 0 aliphatic carbocycles. The SMILES string of the molecule is CO[C@@H]1C[C@@H](C(=S)N2CCCN(C)CC2)N(C(=O)NCc2ccc(C(=O)N3CCCCc4sccc43)cc2Cl)C1. The summed E-state index contributed by atoms with van der Waals surface area (Å²) in [5.74, 6) is -0.0437. The number of urea groups is 1. The van der Waals surface area contributed by atoms with Crippen LogP contribution in [0.3, 0.4) is 0 Å². The summed E-state index contributed by atoms with van der Waals surface area (Å²) in [4.78, 5) is 37.1. The Morgan fingerprint density at radius 2 is 1.98 bits per heavy atom. The topological polar surface area (TPSA) is 68.4 Å². The molecule has 2 atom stereocenters. The number of amides is 3. The van der Waals surface area contributed by atoms with Gasteiger partial charge in [0, 0.05) is 68.3 Å². The number of halogens is 1. The average molecular weight is 604 g/mol. The van der Waals surface area contributed by atoms with Crippen LogP contribution >= 0.6 is 35.2 Å². The smallest absolute Gasteiger partial charge is 0.318 e. The summed E-state index contributed by atoms with van der Waals surface area (Å²) in [5.41, 5.74) is 2.32. The number of thiocarbonyl (C=S) groups is 1. The molecule has 3 aliphatic rings. The fourth-order valence-corrected chi connectivity index (χ4v) is 7.38. The maximum absolute atomic E-state index is 13.4. The van der Waals surface area contributed by atoms with Crippen molar-refractivity contribution in [3.63, 3.8) is 0 Å². The van der Waals surface area contributed by atoms with E-state index in [0.717, 1.165) is 68.1 Å². The minimum absolute atomic E-state index is 0.0437. The van der Waals surface area contributed by atoms with Gasteiger partial charge in [0.2, 0.25) is 0 Å². The number of thiophene rings is 1. The fourth-order valence-electron chi connectivity index (χ4n) is 5.80. The second-order valence-electron chi connectivity index (χ2n) is 10.9. The van der Waals surface area contributed by atoms with Crippen molar-refractivity contribution in [1.29, 1.82) is 0 Å². The Hall–Kier alpha value is -2.24. The molecule has 0 bridgehead atoms. The molecule has 1 N–H and O–H groups in total. The van der Waals surface area contributed by atoms with E-state index in [9.17, 15) is 9.59 Å². The summed E-state index contributed by atoms with van der Waals surface area (Å²) in [6.07, 6.45) is 4.76. The lowest BCUT2D eigenvalue weighted by Crippen LogP contribution is -2.50. The average Bonchev–Trinajstić information content (AvgIpc) is 3.48. The van der Waals surface area contributed by atoms with E-state index in [-0.39, 0.29) is 30.6 Å². The standard InChI is InChI=1S/C29H38ClN5O3S2/c1-32-10-5-11-33(14-13-32)28(39)25-17-22(38-2)19-35(25)29(37)31-18-21-8-7-20(16-23(21)30)27(36)34-12-4-3-6-26-24(34)9-15-40-26/h7-9,15-16,22,25H,3-6,10-14,17-19H2,1-2H3,(H,31,37)/t22-,25+/m1/s1. The Labute approximate surface area is 251 Å². The van der Waals surface area contributed by atoms with Crippen molar-refractivity contribution < 1.29 is 14.3 Å². The molecule has 4 heterocycles. The van der Waals surface area contributed by atoms with Gasteiger partial charge < -0.3 is 29.7 Å². The summed E-state index contributed by atoms with van der Waals surface area (Å²) >= 11 is 14.3. The molecule has 216 valence electrons. The molecule has 5 rings (SSSR count). The minimum atomic E-state index is -0.190. The van der Waals surface area contributed by atoms with Crippen LogP contribution in [0.15, 0.2) is 29.6 Å². The highest BCUT2D eigenvalue weighted by molar-refractivity contribution is 7.80. The van der Waals surface area contributed by atoms with Crippen molar-refractivity contribution >= 4 is 57.8 Å². The van der Waals surface area contributed by atoms with E-state index in [4.69, 9.17) is 28.6 Å². The first-order valence-corrected chi connectivity index (χ1v) is 15.7. The normalized spacial score (nSPS) is 22.0. The van der Waals surface area contributed by atoms with Crippen LogP contribution in [-0.2, 0) is 17.7 Å². The zero-order valence-electron chi connectivity index (χ0n) is 23.2. The molecule has 0 radical (unpaired) electrons. The van der Waals surface area contributed by atoms with E-state index >= 15 is 0 Å². The maximum Gasteiger partial charge on any atom is 0.318 e. The first kappa shape index (κ1) is 29.3. The number of carbonyl (C=O) groups excluding carboxylic acids is 2. The maximum atomic E-state index is 13.4. The van der Waals surface area contributed by atoms with Crippen LogP contribution < -0.4 is 10.2 Å². The molecule has 2 fully saturated rings. The fraction of sp³-hybridized carbons (Fsp3) is 0.552. The van der Waals surface area contributed by atoms with Crippen LogP contribution in [0.5, 0.6) is 0 Å². The zero-order chi connectivity index (χ0) is 28.2. The molecule has 1 aromatic carbocycles. The van der Waals surface area contributed by atoms with Crippen LogP contribution in [0.1, 0.15) is 46.5 Å². The van der Waals surface area contributed by atoms with Crippen molar-refractivity contribution in [1.82, 2.24) is 20.0 Å². The van der Waals surface area contributed by atoms with Crippen LogP contribution in [0.2, 0.25) is 5.02 Å². The minimum Gasteiger partial charge on any atom is -0.380 e. The third kappa shape index (κ3) is 6.46. The number of carbonyl (C=O) groups is 2. The molecule has 8 nitrogen and oxygen atoms in total. The Kier molecular flexibility index (Phi) is 9.63. The van der Waals surface area contributed by atoms with Gasteiger partial charge in [0.05, 0.1) is 17.8 Å². The van der Waals surface area contributed by atoms with Crippen LogP contribution in [0.4, 0.5) is 10.5 Å². The lowest BCUT2D eigenvalue weighted by atomic mass is 10.1. The van der Waals surface area contributed by atoms with Gasteiger partial charge in [-0.3, -0.25) is 4.79 Å². The first-order valence-electron chi connectivity index (χ1n) is 14.1. The summed E-state index contributed by atoms with van der Waals surface area (Å²) < 4.78 is 5.63. The lowest BCUT2D eigenvalue weighted by Gasteiger charge is -2.32. The summed E-state index contributed by atoms with van der Waals surface area (Å²) in [6, 6.07) is 7.01. The molecule has 2 aromatic rings. The zero-order valence-corrected chi connectivity index (χ0v) is 25.6. The molecule has 40 heavy (non-hydrogen) atoms. The predicted octanol–water partition coefficient (Wildman–Crippen LogP) is 4.65. The number of hydrogen-bond donors (Lipinski definition) is 1. The van der Waals surface area contributed by atoms with Crippen molar-refractivity contribution in [2.75, 3.05) is 58.3 Å². The number of anilines is 1. The highest BCUT2D eigenvalue weighted by Crippen LogP contribution is 2.32. The van der Waals surface area contributed by atoms with Gasteiger partial charge >= 0.3 is 6.03 Å². The van der Waals surface area contributed by atoms with E-state index in [0.29, 0.717) is 30.1 Å². The van der Waals surface area contributed by atoms with Crippen molar-refractivity contribution in [2.45, 2.75) is 50.8 Å². The largest absolute Gasteiger partial charge is 0.380 e. The number of benzene rings is 1. The van der Waals surface area contributed by atoms with E-state index in [1.807, 2.05) is 22.4 Å². The molecule has 3 amide bonds. The number of methoxy groups -OCH3 is 1. The van der Waals surface area contributed by atoms with Gasteiger partial charge in [0.1, 0.15) is 4.99 Å². The Morgan fingerprint density at radius 1 is 1.12 bits per heavy atom. The number of rotatable bonds is 5. The van der Waals surface area contributed by atoms with Crippen molar-refractivity contribution in [3.8, 4) is 0 Å². The van der Waals surface area contributed by atoms with Gasteiger partial charge in [-0.05, 0) is 68.4 Å². The van der Waals surface area contributed by atoms with Crippen LogP contribution in [0.25, 0.3) is 0 Å². The molecule has 1 aromatic heterocycles. The number of ether oxygens (including phenoxy) is 1. The van der Waals surface area contributed by atoms with Gasteiger partial charge in [-0.1, -0.05) is 29.9 Å². The second-order valence-corrected chi connectivity index (χ2v) is 12.7. The third-order valence-corrected chi connectivity index (χ3v) is 10.0. The first-order chi connectivity index (χ1) is 19.4. The number of nitrogens with one attached hydrogen (secondary N) is 1. The quantitative estimate of drug-likeness (QED) is 0.502. The second kappa shape index (κ2) is 13.2. The van der Waals surface area contributed by atoms with Gasteiger partial charge in [-0.25, -0.2) is 4.79 Å². The van der Waals surface area contributed by atoms with E-state index in [1.54, 1.807) is 35.5 Å². The van der Waals surface area contributed by atoms with Gasteiger partial charge in [-0.2, -0.15) is 0 Å². The summed E-state index contributed by atoms with van der Waals surface area (Å²) in [7, 11) is 3.81. The summed E-state index contributed by atoms with van der Waals surface area (Å²) in [5, 5.41) is 5.54. The molecule has 2 saturated heterocycles. The van der Waals surface area contributed by atoms with Gasteiger partial charge in [0.25, 0.3) is 5.91 Å². The Balaban J connectivity index is 1.23. The lowest BCUT2D eigenvalue weighted by molar-refractivity contribution is 0.0987. The highest BCUT2D eigenvalue weighted by Gasteiger charge is 2.39. The monoisotopic (exact) mass is 603 g/mol. The van der Waals surface area contributed by atoms with E-state index < -0.39 is 0 Å². The predicted molar refractivity (Wildman–Crippen MR) is 165 cm³/mol. The number of likely N-dealkylation sites (N-methyl/N-ethyl adjacent to an activating group) is 1. The van der Waals surface area contributed by atoms with Gasteiger partial charge in [-0.15, -0.1) is 11.3 Å². The molecular formula is C29H38ClN5O3S2. The van der Waals surface area contributed by atoms with E-state index in [2.05, 4.69) is 22.2 Å². The van der Waals surface area contributed by atoms with Crippen molar-refractivity contribution in [2.24, 2.45) is 0 Å². The molecule has 0 saturated carbocycles. The number of likely N-dealkylation sites (tertiary alicyclic amines) is 1.